The van der Waals surface area contributed by atoms with Crippen molar-refractivity contribution < 1.29 is 0 Å². The van der Waals surface area contributed by atoms with Gasteiger partial charge in [-0.25, -0.2) is 0 Å². The summed E-state index contributed by atoms with van der Waals surface area (Å²) in [6.07, 6.45) is 0. The van der Waals surface area contributed by atoms with Crippen molar-refractivity contribution in [3.8, 4) is 0 Å². The predicted molar refractivity (Wildman–Crippen MR) is 47.8 cm³/mol. The molecule has 2 N–H and O–H groups in total. The molecule has 0 aromatic rings. The van der Waals surface area contributed by atoms with Gasteiger partial charge in [0.2, 0.25) is 0 Å². The summed E-state index contributed by atoms with van der Waals surface area (Å²) in [4.78, 5) is 2.24. The third kappa shape index (κ3) is 2.77. The van der Waals surface area contributed by atoms with Crippen LogP contribution in [0.15, 0.2) is 0 Å². The van der Waals surface area contributed by atoms with Crippen LogP contribution >= 0.6 is 0 Å². The SMILES string of the molecule is CC(CNC1CNC1)N(C)C. The fraction of sp³-hybridized carbons (Fsp3) is 1.00. The summed E-state index contributed by atoms with van der Waals surface area (Å²) in [5.74, 6) is 0. The molecule has 0 bridgehead atoms. The topological polar surface area (TPSA) is 27.3 Å². The fourth-order valence-electron chi connectivity index (χ4n) is 0.953. The molecule has 0 radical (unpaired) electrons. The van der Waals surface area contributed by atoms with Crippen LogP contribution in [0.5, 0.6) is 0 Å². The molecule has 0 aliphatic carbocycles. The third-order valence-electron chi connectivity index (χ3n) is 2.36. The molecular weight excluding hydrogens is 138 g/mol. The maximum absolute atomic E-state index is 3.50. The monoisotopic (exact) mass is 157 g/mol. The van der Waals surface area contributed by atoms with Crippen LogP contribution in [0.3, 0.4) is 0 Å². The first-order valence-corrected chi connectivity index (χ1v) is 4.30. The number of nitrogens with one attached hydrogen (secondary N) is 2. The van der Waals surface area contributed by atoms with Gasteiger partial charge in [-0.3, -0.25) is 0 Å². The van der Waals surface area contributed by atoms with Crippen LogP contribution in [0.25, 0.3) is 0 Å². The van der Waals surface area contributed by atoms with E-state index in [0.29, 0.717) is 6.04 Å². The first kappa shape index (κ1) is 8.97. The van der Waals surface area contributed by atoms with Crippen molar-refractivity contribution in [3.63, 3.8) is 0 Å². The summed E-state index contributed by atoms with van der Waals surface area (Å²) in [5.41, 5.74) is 0. The van der Waals surface area contributed by atoms with Crippen LogP contribution in [-0.2, 0) is 0 Å². The van der Waals surface area contributed by atoms with Gasteiger partial charge in [-0.1, -0.05) is 0 Å². The zero-order chi connectivity index (χ0) is 8.27. The summed E-state index contributed by atoms with van der Waals surface area (Å²) in [6.45, 7) is 5.61. The third-order valence-corrected chi connectivity index (χ3v) is 2.36. The van der Waals surface area contributed by atoms with Crippen molar-refractivity contribution in [2.24, 2.45) is 0 Å². The lowest BCUT2D eigenvalue weighted by molar-refractivity contribution is 0.273. The lowest BCUT2D eigenvalue weighted by atomic mass is 10.1. The van der Waals surface area contributed by atoms with Gasteiger partial charge in [0.25, 0.3) is 0 Å². The minimum Gasteiger partial charge on any atom is -0.314 e. The van der Waals surface area contributed by atoms with Crippen molar-refractivity contribution in [2.45, 2.75) is 19.0 Å². The first-order chi connectivity index (χ1) is 5.20. The van der Waals surface area contributed by atoms with Crippen molar-refractivity contribution in [3.05, 3.63) is 0 Å². The number of rotatable bonds is 4. The second-order valence-corrected chi connectivity index (χ2v) is 3.58. The fourth-order valence-corrected chi connectivity index (χ4v) is 0.953. The van der Waals surface area contributed by atoms with E-state index in [4.69, 9.17) is 0 Å². The van der Waals surface area contributed by atoms with Crippen LogP contribution in [0.2, 0.25) is 0 Å². The van der Waals surface area contributed by atoms with E-state index in [9.17, 15) is 0 Å². The van der Waals surface area contributed by atoms with Gasteiger partial charge in [0, 0.05) is 31.7 Å². The molecule has 1 rings (SSSR count). The van der Waals surface area contributed by atoms with Gasteiger partial charge in [0.05, 0.1) is 0 Å². The number of nitrogens with zero attached hydrogens (tertiary/aromatic N) is 1. The van der Waals surface area contributed by atoms with Gasteiger partial charge >= 0.3 is 0 Å². The number of likely N-dealkylation sites (N-methyl/N-ethyl adjacent to an activating group) is 1. The molecule has 1 atom stereocenters. The summed E-state index contributed by atoms with van der Waals surface area (Å²) in [7, 11) is 4.23. The van der Waals surface area contributed by atoms with Gasteiger partial charge < -0.3 is 15.5 Å². The van der Waals surface area contributed by atoms with E-state index in [2.05, 4.69) is 36.6 Å². The maximum atomic E-state index is 3.50. The highest BCUT2D eigenvalue weighted by Gasteiger charge is 2.16. The average molecular weight is 157 g/mol. The molecule has 0 saturated carbocycles. The molecule has 1 heterocycles. The second-order valence-electron chi connectivity index (χ2n) is 3.58. The van der Waals surface area contributed by atoms with Gasteiger partial charge in [-0.2, -0.15) is 0 Å². The van der Waals surface area contributed by atoms with E-state index in [0.717, 1.165) is 25.7 Å². The molecule has 1 saturated heterocycles. The highest BCUT2D eigenvalue weighted by Crippen LogP contribution is 1.93. The van der Waals surface area contributed by atoms with Crippen molar-refractivity contribution in [1.29, 1.82) is 0 Å². The number of hydrogen-bond acceptors (Lipinski definition) is 3. The predicted octanol–water partition coefficient (Wildman–Crippen LogP) is -0.502. The van der Waals surface area contributed by atoms with Crippen molar-refractivity contribution in [1.82, 2.24) is 15.5 Å². The Morgan fingerprint density at radius 1 is 1.55 bits per heavy atom. The Labute approximate surface area is 69.1 Å². The van der Waals surface area contributed by atoms with Gasteiger partial charge in [0.1, 0.15) is 0 Å². The summed E-state index contributed by atoms with van der Waals surface area (Å²) < 4.78 is 0. The van der Waals surface area contributed by atoms with Gasteiger partial charge in [0.15, 0.2) is 0 Å². The second kappa shape index (κ2) is 4.04. The largest absolute Gasteiger partial charge is 0.314 e. The van der Waals surface area contributed by atoms with E-state index in [1.807, 2.05) is 0 Å². The van der Waals surface area contributed by atoms with Crippen LogP contribution in [0.4, 0.5) is 0 Å². The minimum atomic E-state index is 0.635. The normalized spacial score (nSPS) is 21.8. The molecule has 66 valence electrons. The molecule has 1 unspecified atom stereocenters. The van der Waals surface area contributed by atoms with E-state index >= 15 is 0 Å². The molecule has 0 amide bonds. The Morgan fingerprint density at radius 2 is 2.18 bits per heavy atom. The van der Waals surface area contributed by atoms with Crippen LogP contribution in [-0.4, -0.2) is 50.7 Å². The minimum absolute atomic E-state index is 0.635. The summed E-state index contributed by atoms with van der Waals surface area (Å²) in [5, 5.41) is 6.73. The standard InChI is InChI=1S/C8H19N3/c1-7(11(2)3)4-10-8-5-9-6-8/h7-10H,4-6H2,1-3H3. The Hall–Kier alpha value is -0.120. The lowest BCUT2D eigenvalue weighted by Crippen LogP contribution is -2.57. The zero-order valence-electron chi connectivity index (χ0n) is 7.72. The quantitative estimate of drug-likeness (QED) is 0.576. The molecule has 1 aliphatic rings. The highest BCUT2D eigenvalue weighted by atomic mass is 15.1. The van der Waals surface area contributed by atoms with Gasteiger partial charge in [-0.15, -0.1) is 0 Å². The van der Waals surface area contributed by atoms with E-state index < -0.39 is 0 Å². The molecule has 3 heteroatoms. The smallest absolute Gasteiger partial charge is 0.0318 e. The van der Waals surface area contributed by atoms with E-state index in [1.54, 1.807) is 0 Å². The Bertz CT molecular complexity index is 110. The van der Waals surface area contributed by atoms with Crippen LogP contribution in [0, 0.1) is 0 Å². The summed E-state index contributed by atoms with van der Waals surface area (Å²) in [6, 6.07) is 1.35. The van der Waals surface area contributed by atoms with Gasteiger partial charge in [-0.05, 0) is 21.0 Å². The van der Waals surface area contributed by atoms with E-state index in [-0.39, 0.29) is 0 Å². The van der Waals surface area contributed by atoms with Crippen molar-refractivity contribution in [2.75, 3.05) is 33.7 Å². The maximum Gasteiger partial charge on any atom is 0.0318 e. The molecule has 0 spiro atoms. The Balaban J connectivity index is 2.01. The van der Waals surface area contributed by atoms with Crippen molar-refractivity contribution >= 4 is 0 Å². The van der Waals surface area contributed by atoms with E-state index in [1.165, 1.54) is 0 Å². The highest BCUT2D eigenvalue weighted by molar-refractivity contribution is 4.82. The molecule has 3 nitrogen and oxygen atoms in total. The Kier molecular flexibility index (Phi) is 3.30. The van der Waals surface area contributed by atoms with Crippen LogP contribution in [0.1, 0.15) is 6.92 Å². The molecule has 1 aliphatic heterocycles. The molecule has 1 fully saturated rings. The average Bonchev–Trinajstić information content (AvgIpc) is 1.83. The first-order valence-electron chi connectivity index (χ1n) is 4.30. The molecule has 11 heavy (non-hydrogen) atoms. The molecule has 0 aromatic heterocycles. The van der Waals surface area contributed by atoms with Crippen LogP contribution < -0.4 is 10.6 Å². The zero-order valence-corrected chi connectivity index (χ0v) is 7.72. The number of hydrogen-bond donors (Lipinski definition) is 2. The summed E-state index contributed by atoms with van der Waals surface area (Å²) >= 11 is 0. The molecule has 0 aromatic carbocycles. The lowest BCUT2D eigenvalue weighted by Gasteiger charge is -2.30. The Morgan fingerprint density at radius 3 is 2.55 bits per heavy atom. The molecular formula is C8H19N3.